The molecule has 74 valence electrons. The third kappa shape index (κ3) is 4.54. The van der Waals surface area contributed by atoms with Crippen molar-refractivity contribution in [3.8, 4) is 0 Å². The molecule has 0 radical (unpaired) electrons. The first-order valence-corrected chi connectivity index (χ1v) is 4.96. The molecule has 0 saturated heterocycles. The van der Waals surface area contributed by atoms with E-state index in [2.05, 4.69) is 10.5 Å². The summed E-state index contributed by atoms with van der Waals surface area (Å²) < 4.78 is 5.49. The van der Waals surface area contributed by atoms with Crippen LogP contribution in [0.1, 0.15) is 5.01 Å². The van der Waals surface area contributed by atoms with Gasteiger partial charge in [0.05, 0.1) is 26.0 Å². The molecule has 0 bridgehead atoms. The molecule has 0 atom stereocenters. The van der Waals surface area contributed by atoms with Gasteiger partial charge in [0.25, 0.3) is 0 Å². The number of rotatable bonds is 6. The summed E-state index contributed by atoms with van der Waals surface area (Å²) in [7, 11) is 1.63. The summed E-state index contributed by atoms with van der Waals surface area (Å²) in [6, 6.07) is 0. The van der Waals surface area contributed by atoms with Crippen molar-refractivity contribution in [3.05, 3.63) is 15.5 Å². The summed E-state index contributed by atoms with van der Waals surface area (Å²) in [5.41, 5.74) is 2.76. The van der Waals surface area contributed by atoms with Crippen LogP contribution in [0.5, 0.6) is 0 Å². The Hall–Kier alpha value is -0.200. The molecule has 0 aliphatic rings. The zero-order valence-corrected chi connectivity index (χ0v) is 8.82. The summed E-state index contributed by atoms with van der Waals surface area (Å²) in [4.78, 5) is 9.08. The van der Waals surface area contributed by atoms with Gasteiger partial charge in [-0.15, -0.1) is 11.3 Å². The van der Waals surface area contributed by atoms with Gasteiger partial charge in [0.2, 0.25) is 0 Å². The predicted octanol–water partition coefficient (Wildman–Crippen LogP) is 1.46. The number of methoxy groups -OCH3 is 1. The Kier molecular flexibility index (Phi) is 5.26. The van der Waals surface area contributed by atoms with E-state index in [0.29, 0.717) is 24.1 Å². The third-order valence-electron chi connectivity index (χ3n) is 1.24. The van der Waals surface area contributed by atoms with Crippen LogP contribution in [0.25, 0.3) is 0 Å². The molecular weight excluding hydrogens is 212 g/mol. The smallest absolute Gasteiger partial charge is 0.113 e. The molecule has 1 rings (SSSR count). The number of halogens is 1. The van der Waals surface area contributed by atoms with Crippen molar-refractivity contribution >= 4 is 22.9 Å². The molecule has 0 spiro atoms. The van der Waals surface area contributed by atoms with Crippen LogP contribution in [0.4, 0.5) is 0 Å². The van der Waals surface area contributed by atoms with Crippen molar-refractivity contribution < 1.29 is 9.57 Å². The maximum atomic E-state index is 5.69. The van der Waals surface area contributed by atoms with Gasteiger partial charge >= 0.3 is 0 Å². The van der Waals surface area contributed by atoms with Crippen LogP contribution >= 0.6 is 22.9 Å². The van der Waals surface area contributed by atoms with Gasteiger partial charge in [-0.1, -0.05) is 11.6 Å². The number of hydroxylamine groups is 1. The highest BCUT2D eigenvalue weighted by Crippen LogP contribution is 2.17. The molecule has 6 heteroatoms. The first-order chi connectivity index (χ1) is 6.33. The highest BCUT2D eigenvalue weighted by Gasteiger charge is 1.98. The van der Waals surface area contributed by atoms with E-state index < -0.39 is 0 Å². The molecule has 0 amide bonds. The Labute approximate surface area is 85.8 Å². The van der Waals surface area contributed by atoms with Crippen molar-refractivity contribution in [3.63, 3.8) is 0 Å². The lowest BCUT2D eigenvalue weighted by molar-refractivity contribution is 0.00344. The molecule has 0 fully saturated rings. The van der Waals surface area contributed by atoms with Crippen molar-refractivity contribution in [1.29, 1.82) is 0 Å². The molecular formula is C7H11ClN2O2S. The Morgan fingerprint density at radius 1 is 1.62 bits per heavy atom. The lowest BCUT2D eigenvalue weighted by atomic mass is 10.7. The molecule has 0 aromatic carbocycles. The zero-order valence-electron chi connectivity index (χ0n) is 7.25. The number of ether oxygens (including phenoxy) is 1. The Morgan fingerprint density at radius 3 is 3.08 bits per heavy atom. The van der Waals surface area contributed by atoms with Gasteiger partial charge in [0, 0.05) is 7.11 Å². The quantitative estimate of drug-likeness (QED) is 0.585. The van der Waals surface area contributed by atoms with Crippen LogP contribution in [-0.4, -0.2) is 25.3 Å². The van der Waals surface area contributed by atoms with E-state index in [1.54, 1.807) is 13.3 Å². The van der Waals surface area contributed by atoms with Crippen LogP contribution in [0.15, 0.2) is 6.20 Å². The highest BCUT2D eigenvalue weighted by molar-refractivity contribution is 7.15. The van der Waals surface area contributed by atoms with Gasteiger partial charge < -0.3 is 4.74 Å². The molecule has 0 unspecified atom stereocenters. The van der Waals surface area contributed by atoms with Crippen molar-refractivity contribution in [1.82, 2.24) is 10.5 Å². The van der Waals surface area contributed by atoms with Crippen molar-refractivity contribution in [2.24, 2.45) is 0 Å². The molecule has 0 saturated carbocycles. The molecule has 4 nitrogen and oxygen atoms in total. The molecule has 0 aliphatic carbocycles. The SMILES string of the molecule is COCCONCc1ncc(Cl)s1. The second-order valence-electron chi connectivity index (χ2n) is 2.22. The lowest BCUT2D eigenvalue weighted by Gasteiger charge is -2.02. The van der Waals surface area contributed by atoms with Gasteiger partial charge in [0.15, 0.2) is 0 Å². The van der Waals surface area contributed by atoms with Crippen molar-refractivity contribution in [2.75, 3.05) is 20.3 Å². The molecule has 1 N–H and O–H groups in total. The monoisotopic (exact) mass is 222 g/mol. The fraction of sp³-hybridized carbons (Fsp3) is 0.571. The maximum absolute atomic E-state index is 5.69. The Bertz CT molecular complexity index is 244. The van der Waals surface area contributed by atoms with Gasteiger partial charge in [0.1, 0.15) is 9.34 Å². The van der Waals surface area contributed by atoms with Crippen molar-refractivity contribution in [2.45, 2.75) is 6.54 Å². The fourth-order valence-electron chi connectivity index (χ4n) is 0.680. The number of hydrogen-bond donors (Lipinski definition) is 1. The van der Waals surface area contributed by atoms with E-state index in [1.165, 1.54) is 11.3 Å². The average molecular weight is 223 g/mol. The van der Waals surface area contributed by atoms with Gasteiger partial charge in [-0.25, -0.2) is 4.98 Å². The van der Waals surface area contributed by atoms with E-state index >= 15 is 0 Å². The number of nitrogens with one attached hydrogen (secondary N) is 1. The third-order valence-corrected chi connectivity index (χ3v) is 2.36. The second kappa shape index (κ2) is 6.28. The highest BCUT2D eigenvalue weighted by atomic mass is 35.5. The first-order valence-electron chi connectivity index (χ1n) is 3.76. The van der Waals surface area contributed by atoms with Crippen LogP contribution in [-0.2, 0) is 16.1 Å². The molecule has 1 aromatic heterocycles. The normalized spacial score (nSPS) is 10.6. The minimum Gasteiger partial charge on any atom is -0.382 e. The Morgan fingerprint density at radius 2 is 2.46 bits per heavy atom. The van der Waals surface area contributed by atoms with Gasteiger partial charge in [-0.05, 0) is 0 Å². The van der Waals surface area contributed by atoms with E-state index in [1.807, 2.05) is 0 Å². The molecule has 13 heavy (non-hydrogen) atoms. The van der Waals surface area contributed by atoms with E-state index in [9.17, 15) is 0 Å². The maximum Gasteiger partial charge on any atom is 0.113 e. The Balaban J connectivity index is 2.06. The lowest BCUT2D eigenvalue weighted by Crippen LogP contribution is -2.16. The number of hydrogen-bond acceptors (Lipinski definition) is 5. The molecule has 0 aliphatic heterocycles. The van der Waals surface area contributed by atoms with Gasteiger partial charge in [-0.2, -0.15) is 5.48 Å². The number of thiazole rings is 1. The largest absolute Gasteiger partial charge is 0.382 e. The van der Waals surface area contributed by atoms with E-state index in [4.69, 9.17) is 21.2 Å². The first kappa shape index (κ1) is 10.9. The van der Waals surface area contributed by atoms with E-state index in [0.717, 1.165) is 5.01 Å². The fourth-order valence-corrected chi connectivity index (χ4v) is 1.56. The summed E-state index contributed by atoms with van der Waals surface area (Å²) in [5, 5.41) is 0.905. The minimum atomic E-state index is 0.523. The minimum absolute atomic E-state index is 0.523. The van der Waals surface area contributed by atoms with Crippen LogP contribution < -0.4 is 5.48 Å². The zero-order chi connectivity index (χ0) is 9.52. The average Bonchev–Trinajstić information content (AvgIpc) is 2.51. The summed E-state index contributed by atoms with van der Waals surface area (Å²) in [6.45, 7) is 1.67. The second-order valence-corrected chi connectivity index (χ2v) is 3.97. The van der Waals surface area contributed by atoms with Crippen LogP contribution in [0.3, 0.4) is 0 Å². The topological polar surface area (TPSA) is 43.4 Å². The summed E-state index contributed by atoms with van der Waals surface area (Å²) >= 11 is 7.12. The summed E-state index contributed by atoms with van der Waals surface area (Å²) in [6.07, 6.45) is 1.62. The predicted molar refractivity (Wildman–Crippen MR) is 51.8 cm³/mol. The molecule has 1 aromatic rings. The summed E-state index contributed by atoms with van der Waals surface area (Å²) in [5.74, 6) is 0. The van der Waals surface area contributed by atoms with Crippen LogP contribution in [0, 0.1) is 0 Å². The standard InChI is InChI=1S/C7H11ClN2O2S/c1-11-2-3-12-10-5-7-9-4-6(8)13-7/h4,10H,2-3,5H2,1H3. The number of aromatic nitrogens is 1. The van der Waals surface area contributed by atoms with Crippen LogP contribution in [0.2, 0.25) is 4.34 Å². The van der Waals surface area contributed by atoms with E-state index in [-0.39, 0.29) is 0 Å². The van der Waals surface area contributed by atoms with Gasteiger partial charge in [-0.3, -0.25) is 4.84 Å². The number of nitrogens with zero attached hydrogens (tertiary/aromatic N) is 1. The molecule has 1 heterocycles.